The summed E-state index contributed by atoms with van der Waals surface area (Å²) >= 11 is 0. The first kappa shape index (κ1) is 19.6. The third-order valence-electron chi connectivity index (χ3n) is 3.21. The van der Waals surface area contributed by atoms with Crippen LogP contribution in [0.15, 0.2) is 15.8 Å². The SMILES string of the molecule is Cc1cn([C@H]2C[C@H](SSCCN)[C@@H](CO)O2)c(=O)[nH]c1=O.Cl. The molecule has 0 unspecified atom stereocenters. The van der Waals surface area contributed by atoms with E-state index in [1.165, 1.54) is 10.8 Å². The molecule has 126 valence electrons. The van der Waals surface area contributed by atoms with Crippen LogP contribution in [0.3, 0.4) is 0 Å². The number of nitrogens with one attached hydrogen (secondary N) is 1. The Hall–Kier alpha value is -0.450. The van der Waals surface area contributed by atoms with Crippen LogP contribution in [0.5, 0.6) is 0 Å². The van der Waals surface area contributed by atoms with E-state index in [9.17, 15) is 14.7 Å². The van der Waals surface area contributed by atoms with Crippen LogP contribution in [0.1, 0.15) is 18.2 Å². The van der Waals surface area contributed by atoms with Crippen LogP contribution in [-0.2, 0) is 4.74 Å². The van der Waals surface area contributed by atoms with E-state index in [1.54, 1.807) is 28.5 Å². The van der Waals surface area contributed by atoms with Crippen LogP contribution >= 0.6 is 34.0 Å². The van der Waals surface area contributed by atoms with E-state index in [0.29, 0.717) is 18.5 Å². The Morgan fingerprint density at radius 1 is 1.55 bits per heavy atom. The van der Waals surface area contributed by atoms with Crippen molar-refractivity contribution in [1.82, 2.24) is 9.55 Å². The molecule has 7 nitrogen and oxygen atoms in total. The van der Waals surface area contributed by atoms with Crippen molar-refractivity contribution < 1.29 is 9.84 Å². The quantitative estimate of drug-likeness (QED) is 0.487. The van der Waals surface area contributed by atoms with Gasteiger partial charge in [-0.25, -0.2) is 4.79 Å². The molecule has 0 amide bonds. The highest BCUT2D eigenvalue weighted by Crippen LogP contribution is 2.40. The minimum absolute atomic E-state index is 0. The molecule has 1 saturated heterocycles. The first-order valence-corrected chi connectivity index (χ1v) is 9.01. The molecular formula is C12H20ClN3O4S2. The van der Waals surface area contributed by atoms with Gasteiger partial charge >= 0.3 is 5.69 Å². The number of nitrogens with two attached hydrogens (primary N) is 1. The number of H-pyrrole nitrogens is 1. The van der Waals surface area contributed by atoms with Gasteiger partial charge in [0, 0.05) is 35.7 Å². The summed E-state index contributed by atoms with van der Waals surface area (Å²) < 4.78 is 7.12. The minimum atomic E-state index is -0.493. The highest BCUT2D eigenvalue weighted by Gasteiger charge is 2.36. The standard InChI is InChI=1S/C12H19N3O4S2.ClH/c1-7-5-15(12(18)14-11(7)17)10-4-9(8(6-16)19-10)21-20-3-2-13;/h5,8-10,16H,2-4,6,13H2,1H3,(H,14,17,18);1H/t8-,9+,10-;/m1./s1. The molecule has 1 aromatic rings. The average Bonchev–Trinajstić information content (AvgIpc) is 2.86. The second kappa shape index (κ2) is 8.99. The van der Waals surface area contributed by atoms with Crippen molar-refractivity contribution in [1.29, 1.82) is 0 Å². The number of aromatic nitrogens is 2. The Bertz CT molecular complexity index is 594. The summed E-state index contributed by atoms with van der Waals surface area (Å²) in [4.78, 5) is 25.5. The molecule has 0 saturated carbocycles. The molecule has 0 bridgehead atoms. The van der Waals surface area contributed by atoms with Gasteiger partial charge in [-0.1, -0.05) is 21.6 Å². The lowest BCUT2D eigenvalue weighted by Gasteiger charge is -2.15. The molecule has 1 aliphatic rings. The zero-order valence-electron chi connectivity index (χ0n) is 12.1. The van der Waals surface area contributed by atoms with Crippen LogP contribution in [0.25, 0.3) is 0 Å². The van der Waals surface area contributed by atoms with Gasteiger partial charge < -0.3 is 15.6 Å². The molecule has 0 radical (unpaired) electrons. The third kappa shape index (κ3) is 4.53. The number of nitrogens with zero attached hydrogens (tertiary/aromatic N) is 1. The third-order valence-corrected chi connectivity index (χ3v) is 6.14. The molecule has 0 aliphatic carbocycles. The number of ether oxygens (including phenoxy) is 1. The fraction of sp³-hybridized carbons (Fsp3) is 0.667. The lowest BCUT2D eigenvalue weighted by Crippen LogP contribution is -2.33. The Labute approximate surface area is 141 Å². The van der Waals surface area contributed by atoms with Crippen molar-refractivity contribution in [3.63, 3.8) is 0 Å². The van der Waals surface area contributed by atoms with Crippen LogP contribution in [-0.4, -0.2) is 44.9 Å². The molecule has 0 spiro atoms. The molecule has 0 aromatic carbocycles. The van der Waals surface area contributed by atoms with Gasteiger partial charge in [0.1, 0.15) is 6.23 Å². The minimum Gasteiger partial charge on any atom is -0.394 e. The molecule has 2 rings (SSSR count). The fourth-order valence-electron chi connectivity index (χ4n) is 2.12. The number of aliphatic hydroxyl groups excluding tert-OH is 1. The maximum Gasteiger partial charge on any atom is 0.330 e. The Kier molecular flexibility index (Phi) is 8.01. The highest BCUT2D eigenvalue weighted by molar-refractivity contribution is 8.77. The smallest absolute Gasteiger partial charge is 0.330 e. The predicted molar refractivity (Wildman–Crippen MR) is 91.8 cm³/mol. The van der Waals surface area contributed by atoms with E-state index in [2.05, 4.69) is 4.98 Å². The van der Waals surface area contributed by atoms with E-state index in [-0.39, 0.29) is 30.4 Å². The maximum atomic E-state index is 11.9. The molecule has 3 atom stereocenters. The number of aliphatic hydroxyl groups is 1. The summed E-state index contributed by atoms with van der Waals surface area (Å²) in [6.07, 6.45) is 1.30. The van der Waals surface area contributed by atoms with E-state index in [0.717, 1.165) is 5.75 Å². The normalized spacial score (nSPS) is 24.2. The van der Waals surface area contributed by atoms with Crippen molar-refractivity contribution >= 4 is 34.0 Å². The van der Waals surface area contributed by atoms with Crippen LogP contribution < -0.4 is 17.0 Å². The number of halogens is 1. The van der Waals surface area contributed by atoms with Crippen molar-refractivity contribution in [3.8, 4) is 0 Å². The van der Waals surface area contributed by atoms with Gasteiger partial charge in [-0.3, -0.25) is 14.3 Å². The summed E-state index contributed by atoms with van der Waals surface area (Å²) in [5, 5.41) is 9.49. The van der Waals surface area contributed by atoms with Crippen molar-refractivity contribution in [2.45, 2.75) is 30.9 Å². The average molecular weight is 370 g/mol. The Balaban J connectivity index is 0.00000242. The summed E-state index contributed by atoms with van der Waals surface area (Å²) in [7, 11) is 3.25. The van der Waals surface area contributed by atoms with Gasteiger partial charge in [0.15, 0.2) is 0 Å². The largest absolute Gasteiger partial charge is 0.394 e. The van der Waals surface area contributed by atoms with E-state index in [1.807, 2.05) is 0 Å². The molecule has 10 heteroatoms. The zero-order chi connectivity index (χ0) is 15.4. The summed E-state index contributed by atoms with van der Waals surface area (Å²) in [6, 6.07) is 0. The molecule has 22 heavy (non-hydrogen) atoms. The van der Waals surface area contributed by atoms with Gasteiger partial charge in [0.05, 0.1) is 12.7 Å². The monoisotopic (exact) mass is 369 g/mol. The Morgan fingerprint density at radius 2 is 2.27 bits per heavy atom. The first-order chi connectivity index (χ1) is 10.1. The van der Waals surface area contributed by atoms with E-state index >= 15 is 0 Å². The molecule has 1 fully saturated rings. The Morgan fingerprint density at radius 3 is 2.91 bits per heavy atom. The summed E-state index contributed by atoms with van der Waals surface area (Å²) in [6.45, 7) is 2.13. The number of aryl methyl sites for hydroxylation is 1. The predicted octanol–water partition coefficient (Wildman–Crippen LogP) is 0.255. The van der Waals surface area contributed by atoms with Crippen LogP contribution in [0.4, 0.5) is 0 Å². The van der Waals surface area contributed by atoms with Crippen molar-refractivity contribution in [3.05, 3.63) is 32.6 Å². The van der Waals surface area contributed by atoms with E-state index < -0.39 is 17.5 Å². The molecule has 1 aromatic heterocycles. The van der Waals surface area contributed by atoms with Gasteiger partial charge in [0.2, 0.25) is 0 Å². The van der Waals surface area contributed by atoms with Crippen LogP contribution in [0.2, 0.25) is 0 Å². The van der Waals surface area contributed by atoms with Gasteiger partial charge in [-0.05, 0) is 6.92 Å². The van der Waals surface area contributed by atoms with E-state index in [4.69, 9.17) is 10.5 Å². The fourth-order valence-corrected chi connectivity index (χ4v) is 4.71. The molecular weight excluding hydrogens is 350 g/mol. The lowest BCUT2D eigenvalue weighted by molar-refractivity contribution is -0.0238. The molecule has 2 heterocycles. The lowest BCUT2D eigenvalue weighted by atomic mass is 10.2. The van der Waals surface area contributed by atoms with Gasteiger partial charge in [-0.2, -0.15) is 0 Å². The maximum absolute atomic E-state index is 11.9. The number of hydrogen-bond acceptors (Lipinski definition) is 7. The molecule has 4 N–H and O–H groups in total. The second-order valence-electron chi connectivity index (χ2n) is 4.77. The number of hydrogen-bond donors (Lipinski definition) is 3. The molecule has 1 aliphatic heterocycles. The topological polar surface area (TPSA) is 110 Å². The summed E-state index contributed by atoms with van der Waals surface area (Å²) in [5.41, 5.74) is 5.02. The second-order valence-corrected chi connectivity index (χ2v) is 7.50. The van der Waals surface area contributed by atoms with Crippen LogP contribution in [0, 0.1) is 6.92 Å². The van der Waals surface area contributed by atoms with Crippen molar-refractivity contribution in [2.24, 2.45) is 5.73 Å². The van der Waals surface area contributed by atoms with Crippen molar-refractivity contribution in [2.75, 3.05) is 18.9 Å². The van der Waals surface area contributed by atoms with Gasteiger partial charge in [-0.15, -0.1) is 12.4 Å². The zero-order valence-corrected chi connectivity index (χ0v) is 14.5. The van der Waals surface area contributed by atoms with Gasteiger partial charge in [0.25, 0.3) is 5.56 Å². The number of aromatic amines is 1. The first-order valence-electron chi connectivity index (χ1n) is 6.63. The summed E-state index contributed by atoms with van der Waals surface area (Å²) in [5.74, 6) is 0.821. The number of rotatable bonds is 6. The highest BCUT2D eigenvalue weighted by atomic mass is 35.5.